The molecule has 2 rings (SSSR count). The third-order valence-corrected chi connectivity index (χ3v) is 3.95. The molecule has 0 spiro atoms. The molecule has 0 aromatic carbocycles. The second kappa shape index (κ2) is 4.51. The summed E-state index contributed by atoms with van der Waals surface area (Å²) in [7, 11) is 0. The molecule has 1 aromatic rings. The minimum absolute atomic E-state index is 0.260. The van der Waals surface area contributed by atoms with E-state index < -0.39 is 0 Å². The normalized spacial score (nSPS) is 19.1. The Labute approximate surface area is 97.6 Å². The van der Waals surface area contributed by atoms with Crippen molar-refractivity contribution >= 4 is 28.8 Å². The molecule has 0 fully saturated rings. The van der Waals surface area contributed by atoms with Gasteiger partial charge in [-0.15, -0.1) is 11.3 Å². The Balaban J connectivity index is 1.92. The zero-order valence-electron chi connectivity index (χ0n) is 8.25. The van der Waals surface area contributed by atoms with Gasteiger partial charge in [-0.3, -0.25) is 4.79 Å². The number of fused-ring (bicyclic) bond motifs is 1. The molecule has 15 heavy (non-hydrogen) atoms. The lowest BCUT2D eigenvalue weighted by Crippen LogP contribution is -2.24. The number of hydrogen-bond donors (Lipinski definition) is 2. The molecule has 1 aliphatic rings. The van der Waals surface area contributed by atoms with Gasteiger partial charge in [0.05, 0.1) is 4.34 Å². The smallest absolute Gasteiger partial charge is 0.218 e. The van der Waals surface area contributed by atoms with Crippen LogP contribution in [0.3, 0.4) is 0 Å². The van der Waals surface area contributed by atoms with Crippen molar-refractivity contribution in [3.63, 3.8) is 0 Å². The van der Waals surface area contributed by atoms with Crippen molar-refractivity contribution in [1.82, 2.24) is 5.32 Å². The standard InChI is InChI=1S/C10H13ClN2OS/c11-9-5-6-7(1-2-8(6)15-9)13-4-3-10(12)14/h5,7,13H,1-4H2,(H2,12,14). The van der Waals surface area contributed by atoms with E-state index in [1.54, 1.807) is 11.3 Å². The van der Waals surface area contributed by atoms with Crippen LogP contribution in [0.15, 0.2) is 6.07 Å². The molecular weight excluding hydrogens is 232 g/mol. The Kier molecular flexibility index (Phi) is 3.29. The minimum atomic E-state index is -0.260. The molecule has 82 valence electrons. The lowest BCUT2D eigenvalue weighted by Gasteiger charge is -2.11. The summed E-state index contributed by atoms with van der Waals surface area (Å²) in [5.41, 5.74) is 6.38. The van der Waals surface area contributed by atoms with Crippen LogP contribution in [0.4, 0.5) is 0 Å². The molecule has 1 aromatic heterocycles. The number of carbonyl (C=O) groups excluding carboxylic acids is 1. The molecule has 3 N–H and O–H groups in total. The monoisotopic (exact) mass is 244 g/mol. The van der Waals surface area contributed by atoms with Crippen molar-refractivity contribution < 1.29 is 4.79 Å². The summed E-state index contributed by atoms with van der Waals surface area (Å²) in [5.74, 6) is -0.260. The Hall–Kier alpha value is -0.580. The molecule has 1 amide bonds. The largest absolute Gasteiger partial charge is 0.370 e. The first kappa shape index (κ1) is 10.9. The van der Waals surface area contributed by atoms with E-state index in [0.29, 0.717) is 19.0 Å². The van der Waals surface area contributed by atoms with E-state index in [2.05, 4.69) is 5.32 Å². The number of carbonyl (C=O) groups is 1. The fourth-order valence-electron chi connectivity index (χ4n) is 1.91. The molecule has 0 bridgehead atoms. The van der Waals surface area contributed by atoms with Gasteiger partial charge in [-0.05, 0) is 24.5 Å². The molecule has 0 saturated heterocycles. The summed E-state index contributed by atoms with van der Waals surface area (Å²) >= 11 is 7.60. The van der Waals surface area contributed by atoms with Crippen molar-refractivity contribution in [3.05, 3.63) is 20.8 Å². The molecule has 1 unspecified atom stereocenters. The van der Waals surface area contributed by atoms with Gasteiger partial charge >= 0.3 is 0 Å². The van der Waals surface area contributed by atoms with Gasteiger partial charge in [-0.2, -0.15) is 0 Å². The van der Waals surface area contributed by atoms with Crippen LogP contribution < -0.4 is 11.1 Å². The Morgan fingerprint density at radius 1 is 1.73 bits per heavy atom. The maximum atomic E-state index is 10.6. The first-order chi connectivity index (χ1) is 7.16. The van der Waals surface area contributed by atoms with Crippen molar-refractivity contribution in [1.29, 1.82) is 0 Å². The van der Waals surface area contributed by atoms with E-state index >= 15 is 0 Å². The highest BCUT2D eigenvalue weighted by Crippen LogP contribution is 2.39. The molecular formula is C10H13ClN2OS. The zero-order valence-corrected chi connectivity index (χ0v) is 9.83. The van der Waals surface area contributed by atoms with E-state index in [4.69, 9.17) is 17.3 Å². The number of rotatable bonds is 4. The molecule has 1 aliphatic carbocycles. The molecule has 1 atom stereocenters. The van der Waals surface area contributed by atoms with Crippen molar-refractivity contribution in [2.75, 3.05) is 6.54 Å². The summed E-state index contributed by atoms with van der Waals surface area (Å²) in [4.78, 5) is 12.0. The van der Waals surface area contributed by atoms with Gasteiger partial charge in [-0.25, -0.2) is 0 Å². The molecule has 0 aliphatic heterocycles. The summed E-state index contributed by atoms with van der Waals surface area (Å²) in [6, 6.07) is 2.37. The second-order valence-corrected chi connectivity index (χ2v) is 5.46. The predicted molar refractivity (Wildman–Crippen MR) is 62.2 cm³/mol. The highest BCUT2D eigenvalue weighted by molar-refractivity contribution is 7.16. The molecule has 0 radical (unpaired) electrons. The van der Waals surface area contributed by atoms with Crippen molar-refractivity contribution in [2.45, 2.75) is 25.3 Å². The highest BCUT2D eigenvalue weighted by atomic mass is 35.5. The quantitative estimate of drug-likeness (QED) is 0.850. The summed E-state index contributed by atoms with van der Waals surface area (Å²) < 4.78 is 0.849. The zero-order chi connectivity index (χ0) is 10.8. The van der Waals surface area contributed by atoms with Gasteiger partial charge < -0.3 is 11.1 Å². The van der Waals surface area contributed by atoms with Crippen LogP contribution in [0, 0.1) is 0 Å². The number of halogens is 1. The lowest BCUT2D eigenvalue weighted by molar-refractivity contribution is -0.117. The first-order valence-electron chi connectivity index (χ1n) is 4.96. The molecule has 1 heterocycles. The van der Waals surface area contributed by atoms with Gasteiger partial charge in [0.25, 0.3) is 0 Å². The van der Waals surface area contributed by atoms with Gasteiger partial charge in [-0.1, -0.05) is 11.6 Å². The number of primary amides is 1. The summed E-state index contributed by atoms with van der Waals surface area (Å²) in [6.07, 6.45) is 2.57. The number of nitrogens with two attached hydrogens (primary N) is 1. The van der Waals surface area contributed by atoms with E-state index in [0.717, 1.165) is 17.2 Å². The summed E-state index contributed by atoms with van der Waals surface area (Å²) in [6.45, 7) is 0.646. The third kappa shape index (κ3) is 2.51. The SMILES string of the molecule is NC(=O)CCNC1CCc2sc(Cl)cc21. The molecule has 3 nitrogen and oxygen atoms in total. The Morgan fingerprint density at radius 3 is 3.27 bits per heavy atom. The molecule has 0 saturated carbocycles. The maximum absolute atomic E-state index is 10.6. The van der Waals surface area contributed by atoms with Gasteiger partial charge in [0.1, 0.15) is 0 Å². The van der Waals surface area contributed by atoms with Crippen molar-refractivity contribution in [2.24, 2.45) is 5.73 Å². The topological polar surface area (TPSA) is 55.1 Å². The number of amides is 1. The van der Waals surface area contributed by atoms with Crippen molar-refractivity contribution in [3.8, 4) is 0 Å². The van der Waals surface area contributed by atoms with Gasteiger partial charge in [0, 0.05) is 23.9 Å². The molecule has 5 heteroatoms. The van der Waals surface area contributed by atoms with E-state index in [1.165, 1.54) is 10.4 Å². The lowest BCUT2D eigenvalue weighted by atomic mass is 10.2. The van der Waals surface area contributed by atoms with Gasteiger partial charge in [0.2, 0.25) is 5.91 Å². The van der Waals surface area contributed by atoms with E-state index in [1.807, 2.05) is 6.07 Å². The fraction of sp³-hybridized carbons (Fsp3) is 0.500. The third-order valence-electron chi connectivity index (χ3n) is 2.61. The van der Waals surface area contributed by atoms with Gasteiger partial charge in [0.15, 0.2) is 0 Å². The average Bonchev–Trinajstić information content (AvgIpc) is 2.65. The van der Waals surface area contributed by atoms with Crippen LogP contribution >= 0.6 is 22.9 Å². The average molecular weight is 245 g/mol. The predicted octanol–water partition coefficient (Wildman–Crippen LogP) is 1.85. The van der Waals surface area contributed by atoms with Crippen LogP contribution in [-0.2, 0) is 11.2 Å². The van der Waals surface area contributed by atoms with Crippen LogP contribution in [0.25, 0.3) is 0 Å². The van der Waals surface area contributed by atoms with Crippen LogP contribution in [-0.4, -0.2) is 12.5 Å². The van der Waals surface area contributed by atoms with E-state index in [-0.39, 0.29) is 5.91 Å². The highest BCUT2D eigenvalue weighted by Gasteiger charge is 2.24. The Bertz CT molecular complexity index is 377. The van der Waals surface area contributed by atoms with Crippen LogP contribution in [0.5, 0.6) is 0 Å². The van der Waals surface area contributed by atoms with E-state index in [9.17, 15) is 4.79 Å². The Morgan fingerprint density at radius 2 is 2.53 bits per heavy atom. The van der Waals surface area contributed by atoms with Crippen LogP contribution in [0.1, 0.15) is 29.3 Å². The number of thiophene rings is 1. The second-order valence-electron chi connectivity index (χ2n) is 3.69. The summed E-state index contributed by atoms with van der Waals surface area (Å²) in [5, 5.41) is 3.33. The number of hydrogen-bond acceptors (Lipinski definition) is 3. The van der Waals surface area contributed by atoms with Crippen LogP contribution in [0.2, 0.25) is 4.34 Å². The number of nitrogens with one attached hydrogen (secondary N) is 1. The number of aryl methyl sites for hydroxylation is 1. The minimum Gasteiger partial charge on any atom is -0.370 e. The first-order valence-corrected chi connectivity index (χ1v) is 6.16. The fourth-order valence-corrected chi connectivity index (χ4v) is 3.27. The maximum Gasteiger partial charge on any atom is 0.218 e.